The van der Waals surface area contributed by atoms with Gasteiger partial charge in [0.1, 0.15) is 0 Å². The molecule has 70 valence electrons. The van der Waals surface area contributed by atoms with Crippen molar-refractivity contribution in [2.24, 2.45) is 5.73 Å². The Balaban J connectivity index is 2.21. The van der Waals surface area contributed by atoms with Gasteiger partial charge in [0, 0.05) is 5.56 Å². The van der Waals surface area contributed by atoms with Crippen LogP contribution in [-0.4, -0.2) is 0 Å². The Morgan fingerprint density at radius 1 is 1.54 bits per heavy atom. The van der Waals surface area contributed by atoms with Gasteiger partial charge in [0.25, 0.3) is 0 Å². The van der Waals surface area contributed by atoms with Crippen molar-refractivity contribution in [3.05, 3.63) is 34.2 Å². The molecule has 1 heterocycles. The van der Waals surface area contributed by atoms with Crippen LogP contribution in [0, 0.1) is 0 Å². The third-order valence-electron chi connectivity index (χ3n) is 2.46. The van der Waals surface area contributed by atoms with E-state index in [1.54, 1.807) is 6.26 Å². The molecule has 2 rings (SSSR count). The fraction of sp³-hybridized carbons (Fsp3) is 0.400. The topological polar surface area (TPSA) is 39.2 Å². The summed E-state index contributed by atoms with van der Waals surface area (Å²) in [4.78, 5) is 0. The van der Waals surface area contributed by atoms with Crippen molar-refractivity contribution in [3.8, 4) is 0 Å². The van der Waals surface area contributed by atoms with Crippen molar-refractivity contribution >= 4 is 15.9 Å². The van der Waals surface area contributed by atoms with Crippen LogP contribution in [0.3, 0.4) is 0 Å². The molecule has 1 aliphatic rings. The van der Waals surface area contributed by atoms with Crippen molar-refractivity contribution in [3.63, 3.8) is 0 Å². The smallest absolute Gasteiger partial charge is 0.174 e. The van der Waals surface area contributed by atoms with Crippen LogP contribution >= 0.6 is 15.9 Å². The second-order valence-electron chi connectivity index (χ2n) is 3.30. The van der Waals surface area contributed by atoms with Crippen molar-refractivity contribution in [1.29, 1.82) is 0 Å². The van der Waals surface area contributed by atoms with Crippen LogP contribution in [0.1, 0.15) is 30.9 Å². The average Bonchev–Trinajstić information content (AvgIpc) is 2.72. The zero-order valence-corrected chi connectivity index (χ0v) is 8.88. The molecule has 3 heteroatoms. The van der Waals surface area contributed by atoms with Gasteiger partial charge >= 0.3 is 0 Å². The molecule has 0 aromatic carbocycles. The Morgan fingerprint density at radius 2 is 2.38 bits per heavy atom. The minimum atomic E-state index is 0.00984. The van der Waals surface area contributed by atoms with E-state index in [1.165, 1.54) is 18.4 Å². The third kappa shape index (κ3) is 1.71. The van der Waals surface area contributed by atoms with E-state index in [0.29, 0.717) is 0 Å². The molecule has 1 aliphatic carbocycles. The highest BCUT2D eigenvalue weighted by Gasteiger charge is 2.18. The predicted octanol–water partition coefficient (Wildman–Crippen LogP) is 3.15. The Morgan fingerprint density at radius 3 is 2.92 bits per heavy atom. The summed E-state index contributed by atoms with van der Waals surface area (Å²) in [6.45, 7) is 0. The van der Waals surface area contributed by atoms with Gasteiger partial charge in [-0.3, -0.25) is 0 Å². The van der Waals surface area contributed by atoms with Crippen LogP contribution in [0.2, 0.25) is 0 Å². The van der Waals surface area contributed by atoms with Crippen LogP contribution < -0.4 is 5.73 Å². The first-order chi connectivity index (χ1) is 6.29. The third-order valence-corrected chi connectivity index (χ3v) is 3.10. The van der Waals surface area contributed by atoms with E-state index in [4.69, 9.17) is 10.2 Å². The number of rotatable bonds is 2. The summed E-state index contributed by atoms with van der Waals surface area (Å²) >= 11 is 3.34. The Hall–Kier alpha value is -0.540. The van der Waals surface area contributed by atoms with Gasteiger partial charge < -0.3 is 10.2 Å². The molecule has 1 unspecified atom stereocenters. The number of hydrogen-bond acceptors (Lipinski definition) is 2. The van der Waals surface area contributed by atoms with Crippen molar-refractivity contribution in [2.45, 2.75) is 25.3 Å². The summed E-state index contributed by atoms with van der Waals surface area (Å²) in [6.07, 6.45) is 7.43. The second kappa shape index (κ2) is 3.68. The largest absolute Gasteiger partial charge is 0.457 e. The Bertz CT molecular complexity index is 329. The highest BCUT2D eigenvalue weighted by molar-refractivity contribution is 9.10. The van der Waals surface area contributed by atoms with Gasteiger partial charge in [-0.15, -0.1) is 0 Å². The van der Waals surface area contributed by atoms with Gasteiger partial charge in [-0.25, -0.2) is 0 Å². The quantitative estimate of drug-likeness (QED) is 0.809. The fourth-order valence-electron chi connectivity index (χ4n) is 1.70. The zero-order valence-electron chi connectivity index (χ0n) is 7.29. The number of nitrogens with two attached hydrogens (primary N) is 1. The van der Waals surface area contributed by atoms with E-state index in [1.807, 2.05) is 6.07 Å². The van der Waals surface area contributed by atoms with E-state index in [9.17, 15) is 0 Å². The van der Waals surface area contributed by atoms with E-state index < -0.39 is 0 Å². The molecule has 0 radical (unpaired) electrons. The van der Waals surface area contributed by atoms with Gasteiger partial charge in [0.15, 0.2) is 4.67 Å². The summed E-state index contributed by atoms with van der Waals surface area (Å²) in [7, 11) is 0. The van der Waals surface area contributed by atoms with Crippen molar-refractivity contribution < 1.29 is 4.42 Å². The normalized spacial score (nSPS) is 18.8. The van der Waals surface area contributed by atoms with Crippen LogP contribution in [0.15, 0.2) is 33.1 Å². The molecular formula is C10H12BrNO. The highest BCUT2D eigenvalue weighted by atomic mass is 79.9. The Labute approximate surface area is 85.9 Å². The lowest BCUT2D eigenvalue weighted by Gasteiger charge is -2.11. The SMILES string of the molecule is NC(C1=CCCC1)c1ccoc1Br. The average molecular weight is 242 g/mol. The van der Waals surface area contributed by atoms with Crippen molar-refractivity contribution in [1.82, 2.24) is 0 Å². The molecule has 1 atom stereocenters. The van der Waals surface area contributed by atoms with Gasteiger partial charge in [0.05, 0.1) is 12.3 Å². The minimum Gasteiger partial charge on any atom is -0.457 e. The summed E-state index contributed by atoms with van der Waals surface area (Å²) in [5.74, 6) is 0. The fourth-order valence-corrected chi connectivity index (χ4v) is 2.19. The molecule has 0 aliphatic heterocycles. The molecule has 0 spiro atoms. The summed E-state index contributed by atoms with van der Waals surface area (Å²) in [5, 5.41) is 0. The zero-order chi connectivity index (χ0) is 9.26. The molecule has 0 saturated carbocycles. The summed E-state index contributed by atoms with van der Waals surface area (Å²) in [6, 6.07) is 1.93. The van der Waals surface area contributed by atoms with Crippen LogP contribution in [0.25, 0.3) is 0 Å². The van der Waals surface area contributed by atoms with Gasteiger partial charge in [0.2, 0.25) is 0 Å². The number of hydrogen-bond donors (Lipinski definition) is 1. The molecule has 0 fully saturated rings. The van der Waals surface area contributed by atoms with Gasteiger partial charge in [-0.05, 0) is 41.3 Å². The van der Waals surface area contributed by atoms with Crippen LogP contribution in [0.5, 0.6) is 0 Å². The molecule has 0 bridgehead atoms. The predicted molar refractivity (Wildman–Crippen MR) is 55.3 cm³/mol. The van der Waals surface area contributed by atoms with Gasteiger partial charge in [-0.1, -0.05) is 11.6 Å². The summed E-state index contributed by atoms with van der Waals surface area (Å²) in [5.41, 5.74) is 8.47. The van der Waals surface area contributed by atoms with E-state index in [-0.39, 0.29) is 6.04 Å². The molecular weight excluding hydrogens is 230 g/mol. The first-order valence-corrected chi connectivity index (χ1v) is 5.25. The van der Waals surface area contributed by atoms with Crippen LogP contribution in [-0.2, 0) is 0 Å². The Kier molecular flexibility index (Phi) is 2.56. The number of halogens is 1. The lowest BCUT2D eigenvalue weighted by molar-refractivity contribution is 0.534. The molecule has 1 aromatic heterocycles. The maximum Gasteiger partial charge on any atom is 0.174 e. The molecule has 1 aromatic rings. The lowest BCUT2D eigenvalue weighted by Crippen LogP contribution is -2.11. The second-order valence-corrected chi connectivity index (χ2v) is 4.02. The maximum atomic E-state index is 6.09. The number of allylic oxidation sites excluding steroid dienone is 1. The highest BCUT2D eigenvalue weighted by Crippen LogP contribution is 2.32. The number of furan rings is 1. The lowest BCUT2D eigenvalue weighted by atomic mass is 10.0. The summed E-state index contributed by atoms with van der Waals surface area (Å²) < 4.78 is 5.91. The molecule has 2 N–H and O–H groups in total. The van der Waals surface area contributed by atoms with E-state index in [2.05, 4.69) is 22.0 Å². The van der Waals surface area contributed by atoms with Crippen molar-refractivity contribution in [2.75, 3.05) is 0 Å². The molecule has 2 nitrogen and oxygen atoms in total. The molecule has 0 amide bonds. The molecule has 13 heavy (non-hydrogen) atoms. The monoisotopic (exact) mass is 241 g/mol. The van der Waals surface area contributed by atoms with Crippen LogP contribution in [0.4, 0.5) is 0 Å². The minimum absolute atomic E-state index is 0.00984. The first-order valence-electron chi connectivity index (χ1n) is 4.46. The molecule has 0 saturated heterocycles. The maximum absolute atomic E-state index is 6.09. The standard InChI is InChI=1S/C10H12BrNO/c11-10-8(5-6-13-10)9(12)7-3-1-2-4-7/h3,5-6,9H,1-2,4,12H2. The van der Waals surface area contributed by atoms with E-state index in [0.717, 1.165) is 16.7 Å². The first kappa shape index (κ1) is 9.03. The van der Waals surface area contributed by atoms with E-state index >= 15 is 0 Å². The van der Waals surface area contributed by atoms with Gasteiger partial charge in [-0.2, -0.15) is 0 Å².